The van der Waals surface area contributed by atoms with E-state index in [0.29, 0.717) is 36.5 Å². The van der Waals surface area contributed by atoms with Crippen LogP contribution in [0.1, 0.15) is 45.3 Å². The summed E-state index contributed by atoms with van der Waals surface area (Å²) in [4.78, 5) is 38.4. The maximum absolute atomic E-state index is 12.4. The molecule has 8 heteroatoms. The summed E-state index contributed by atoms with van der Waals surface area (Å²) in [5, 5.41) is 0. The predicted molar refractivity (Wildman–Crippen MR) is 91.1 cm³/mol. The molecule has 0 spiro atoms. The second-order valence-corrected chi connectivity index (χ2v) is 6.34. The van der Waals surface area contributed by atoms with Gasteiger partial charge in [0.25, 0.3) is 11.8 Å². The van der Waals surface area contributed by atoms with Crippen molar-refractivity contribution in [1.82, 2.24) is 15.8 Å². The number of hydrogen-bond donors (Lipinski definition) is 2. The topological polar surface area (TPSA) is 105 Å². The molecular formula is C18H21N3O5. The van der Waals surface area contributed by atoms with Crippen molar-refractivity contribution in [1.29, 1.82) is 0 Å². The highest BCUT2D eigenvalue weighted by atomic mass is 16.3. The summed E-state index contributed by atoms with van der Waals surface area (Å²) in [6.45, 7) is 4.28. The number of hydrogen-bond acceptors (Lipinski definition) is 5. The largest absolute Gasteiger partial charge is 0.466 e. The van der Waals surface area contributed by atoms with Crippen LogP contribution in [0.2, 0.25) is 0 Å². The molecule has 0 saturated carbocycles. The van der Waals surface area contributed by atoms with Gasteiger partial charge in [0, 0.05) is 13.1 Å². The second-order valence-electron chi connectivity index (χ2n) is 6.34. The van der Waals surface area contributed by atoms with Gasteiger partial charge in [0.15, 0.2) is 5.76 Å². The van der Waals surface area contributed by atoms with Gasteiger partial charge in [0.05, 0.1) is 17.7 Å². The van der Waals surface area contributed by atoms with E-state index < -0.39 is 11.8 Å². The zero-order valence-electron chi connectivity index (χ0n) is 14.7. The summed E-state index contributed by atoms with van der Waals surface area (Å²) in [6, 6.07) is 4.86. The first-order chi connectivity index (χ1) is 12.5. The van der Waals surface area contributed by atoms with Gasteiger partial charge < -0.3 is 13.7 Å². The Hall–Kier alpha value is -3.03. The molecule has 2 aromatic heterocycles. The van der Waals surface area contributed by atoms with Crippen LogP contribution in [-0.4, -0.2) is 35.7 Å². The molecule has 138 valence electrons. The Morgan fingerprint density at radius 3 is 2.69 bits per heavy atom. The smallest absolute Gasteiger partial charge is 0.289 e. The van der Waals surface area contributed by atoms with Gasteiger partial charge in [-0.15, -0.1) is 0 Å². The molecule has 1 atom stereocenters. The molecule has 1 unspecified atom stereocenters. The number of rotatable bonds is 3. The van der Waals surface area contributed by atoms with Crippen molar-refractivity contribution in [2.24, 2.45) is 5.92 Å². The number of hydrazine groups is 1. The van der Waals surface area contributed by atoms with Crippen molar-refractivity contribution in [2.75, 3.05) is 13.1 Å². The van der Waals surface area contributed by atoms with Gasteiger partial charge in [-0.2, -0.15) is 0 Å². The average molecular weight is 359 g/mol. The van der Waals surface area contributed by atoms with E-state index in [1.165, 1.54) is 6.26 Å². The third kappa shape index (κ3) is 3.79. The highest BCUT2D eigenvalue weighted by Gasteiger charge is 2.30. The molecule has 26 heavy (non-hydrogen) atoms. The highest BCUT2D eigenvalue weighted by Crippen LogP contribution is 2.19. The van der Waals surface area contributed by atoms with Crippen molar-refractivity contribution in [2.45, 2.75) is 26.7 Å². The van der Waals surface area contributed by atoms with Gasteiger partial charge in [-0.1, -0.05) is 0 Å². The summed E-state index contributed by atoms with van der Waals surface area (Å²) < 4.78 is 10.4. The van der Waals surface area contributed by atoms with Gasteiger partial charge in [0.2, 0.25) is 5.91 Å². The molecule has 8 nitrogen and oxygen atoms in total. The maximum Gasteiger partial charge on any atom is 0.289 e. The molecule has 1 aliphatic rings. The lowest BCUT2D eigenvalue weighted by Gasteiger charge is -2.31. The van der Waals surface area contributed by atoms with Crippen molar-refractivity contribution in [3.63, 3.8) is 0 Å². The third-order valence-electron chi connectivity index (χ3n) is 4.40. The first-order valence-electron chi connectivity index (χ1n) is 8.45. The molecule has 3 rings (SSSR count). The lowest BCUT2D eigenvalue weighted by molar-refractivity contribution is -0.127. The molecule has 3 heterocycles. The third-order valence-corrected chi connectivity index (χ3v) is 4.40. The van der Waals surface area contributed by atoms with Gasteiger partial charge in [-0.25, -0.2) is 0 Å². The van der Waals surface area contributed by atoms with E-state index in [9.17, 15) is 14.4 Å². The Bertz CT molecular complexity index is 809. The van der Waals surface area contributed by atoms with Crippen molar-refractivity contribution >= 4 is 17.7 Å². The van der Waals surface area contributed by atoms with E-state index in [4.69, 9.17) is 8.83 Å². The van der Waals surface area contributed by atoms with E-state index in [-0.39, 0.29) is 24.1 Å². The number of likely N-dealkylation sites (tertiary alicyclic amines) is 1. The van der Waals surface area contributed by atoms with Gasteiger partial charge >= 0.3 is 0 Å². The van der Waals surface area contributed by atoms with Gasteiger partial charge in [-0.05, 0) is 44.9 Å². The molecule has 0 aliphatic carbocycles. The Morgan fingerprint density at radius 2 is 2.04 bits per heavy atom. The van der Waals surface area contributed by atoms with Crippen LogP contribution in [-0.2, 0) is 4.79 Å². The fourth-order valence-corrected chi connectivity index (χ4v) is 3.08. The van der Waals surface area contributed by atoms with Crippen LogP contribution >= 0.6 is 0 Å². The molecule has 1 aliphatic heterocycles. The minimum Gasteiger partial charge on any atom is -0.466 e. The van der Waals surface area contributed by atoms with Crippen molar-refractivity contribution in [3.8, 4) is 0 Å². The summed E-state index contributed by atoms with van der Waals surface area (Å²) in [7, 11) is 0. The second kappa shape index (κ2) is 7.47. The molecule has 0 aromatic carbocycles. The minimum absolute atomic E-state index is 0.235. The fourth-order valence-electron chi connectivity index (χ4n) is 3.08. The van der Waals surface area contributed by atoms with E-state index in [0.717, 1.165) is 0 Å². The van der Waals surface area contributed by atoms with Gasteiger partial charge in [-0.3, -0.25) is 25.2 Å². The molecule has 2 aromatic rings. The Kier molecular flexibility index (Phi) is 5.11. The SMILES string of the molecule is Cc1cc(C(=O)NNC(=O)C2CCCN(C(=O)c3ccco3)C2)c(C)o1. The van der Waals surface area contributed by atoms with Crippen LogP contribution in [0, 0.1) is 19.8 Å². The van der Waals surface area contributed by atoms with E-state index in [1.54, 1.807) is 36.9 Å². The highest BCUT2D eigenvalue weighted by molar-refractivity contribution is 5.96. The normalized spacial score (nSPS) is 17.0. The molecule has 3 amide bonds. The minimum atomic E-state index is -0.438. The van der Waals surface area contributed by atoms with Crippen LogP contribution < -0.4 is 10.9 Å². The molecule has 0 bridgehead atoms. The first kappa shape index (κ1) is 17.8. The summed E-state index contributed by atoms with van der Waals surface area (Å²) in [6.07, 6.45) is 2.79. The van der Waals surface area contributed by atoms with E-state index in [2.05, 4.69) is 10.9 Å². The Morgan fingerprint density at radius 1 is 1.23 bits per heavy atom. The monoisotopic (exact) mass is 359 g/mol. The zero-order chi connectivity index (χ0) is 18.7. The number of carbonyl (C=O) groups excluding carboxylic acids is 3. The van der Waals surface area contributed by atoms with Crippen molar-refractivity contribution in [3.05, 3.63) is 47.3 Å². The van der Waals surface area contributed by atoms with Crippen LogP contribution in [0.4, 0.5) is 0 Å². The Balaban J connectivity index is 1.55. The van der Waals surface area contributed by atoms with Crippen LogP contribution in [0.3, 0.4) is 0 Å². The van der Waals surface area contributed by atoms with Gasteiger partial charge in [0.1, 0.15) is 11.5 Å². The van der Waals surface area contributed by atoms with Crippen LogP contribution in [0.15, 0.2) is 33.3 Å². The summed E-state index contributed by atoms with van der Waals surface area (Å²) in [5.74, 6) is -0.0259. The molecule has 1 saturated heterocycles. The number of aryl methyl sites for hydroxylation is 2. The van der Waals surface area contributed by atoms with E-state index in [1.807, 2.05) is 0 Å². The summed E-state index contributed by atoms with van der Waals surface area (Å²) in [5.41, 5.74) is 5.22. The van der Waals surface area contributed by atoms with Crippen LogP contribution in [0.5, 0.6) is 0 Å². The number of nitrogens with one attached hydrogen (secondary N) is 2. The van der Waals surface area contributed by atoms with Crippen LogP contribution in [0.25, 0.3) is 0 Å². The number of carbonyl (C=O) groups is 3. The first-order valence-corrected chi connectivity index (χ1v) is 8.45. The van der Waals surface area contributed by atoms with E-state index >= 15 is 0 Å². The quantitative estimate of drug-likeness (QED) is 0.813. The molecule has 1 fully saturated rings. The number of furan rings is 2. The molecule has 2 N–H and O–H groups in total. The number of nitrogens with zero attached hydrogens (tertiary/aromatic N) is 1. The summed E-state index contributed by atoms with van der Waals surface area (Å²) >= 11 is 0. The fraction of sp³-hybridized carbons (Fsp3) is 0.389. The molecular weight excluding hydrogens is 338 g/mol. The number of piperidine rings is 1. The van der Waals surface area contributed by atoms with Crippen molar-refractivity contribution < 1.29 is 23.2 Å². The average Bonchev–Trinajstić information content (AvgIpc) is 3.28. The zero-order valence-corrected chi connectivity index (χ0v) is 14.7. The predicted octanol–water partition coefficient (Wildman–Crippen LogP) is 1.80. The lowest BCUT2D eigenvalue weighted by Crippen LogP contribution is -2.50. The standard InChI is InChI=1S/C18H21N3O5/c1-11-9-14(12(2)26-11)17(23)20-19-16(22)13-5-3-7-21(10-13)18(24)15-6-4-8-25-15/h4,6,8-9,13H,3,5,7,10H2,1-2H3,(H,19,22)(H,20,23). The molecule has 0 radical (unpaired) electrons. The number of amides is 3. The lowest BCUT2D eigenvalue weighted by atomic mass is 9.97. The Labute approximate surface area is 150 Å². The maximum atomic E-state index is 12.4.